The number of hydrogen-bond acceptors (Lipinski definition) is 2. The minimum absolute atomic E-state index is 0.645. The first kappa shape index (κ1) is 10.2. The van der Waals surface area contributed by atoms with Crippen molar-refractivity contribution in [2.75, 3.05) is 0 Å². The van der Waals surface area contributed by atoms with Crippen molar-refractivity contribution >= 4 is 11.6 Å². The van der Waals surface area contributed by atoms with Crippen LogP contribution < -0.4 is 0 Å². The van der Waals surface area contributed by atoms with Gasteiger partial charge in [0.2, 0.25) is 5.89 Å². The molecule has 0 saturated carbocycles. The summed E-state index contributed by atoms with van der Waals surface area (Å²) in [6, 6.07) is 7.52. The van der Waals surface area contributed by atoms with E-state index in [4.69, 9.17) is 16.0 Å². The Morgan fingerprint density at radius 2 is 2.20 bits per heavy atom. The van der Waals surface area contributed by atoms with Gasteiger partial charge >= 0.3 is 0 Å². The van der Waals surface area contributed by atoms with Gasteiger partial charge in [-0.3, -0.25) is 0 Å². The quantitative estimate of drug-likeness (QED) is 0.770. The molecule has 15 heavy (non-hydrogen) atoms. The number of nitrogens with zero attached hydrogens (tertiary/aromatic N) is 1. The molecule has 0 aliphatic carbocycles. The molecule has 0 aliphatic heterocycles. The van der Waals surface area contributed by atoms with Crippen LogP contribution in [0.5, 0.6) is 0 Å². The van der Waals surface area contributed by atoms with Crippen molar-refractivity contribution in [3.8, 4) is 11.5 Å². The Kier molecular flexibility index (Phi) is 2.78. The number of oxazole rings is 1. The number of benzene rings is 1. The lowest BCUT2D eigenvalue weighted by molar-refractivity contribution is 0.539. The van der Waals surface area contributed by atoms with Gasteiger partial charge in [-0.25, -0.2) is 4.98 Å². The largest absolute Gasteiger partial charge is 0.441 e. The molecule has 0 unspecified atom stereocenters. The molecule has 0 N–H and O–H groups in total. The Morgan fingerprint density at radius 1 is 1.40 bits per heavy atom. The van der Waals surface area contributed by atoms with Crippen molar-refractivity contribution < 1.29 is 4.42 Å². The molecule has 0 saturated heterocycles. The van der Waals surface area contributed by atoms with Gasteiger partial charge in [-0.2, -0.15) is 0 Å². The van der Waals surface area contributed by atoms with Crippen LogP contribution in [-0.2, 0) is 6.42 Å². The van der Waals surface area contributed by atoms with E-state index in [1.165, 1.54) is 0 Å². The minimum atomic E-state index is 0.645. The highest BCUT2D eigenvalue weighted by atomic mass is 35.5. The van der Waals surface area contributed by atoms with Gasteiger partial charge < -0.3 is 4.42 Å². The van der Waals surface area contributed by atoms with Gasteiger partial charge in [0.1, 0.15) is 5.76 Å². The second-order valence-electron chi connectivity index (χ2n) is 3.39. The molecule has 0 aliphatic rings. The molecule has 2 nitrogen and oxygen atoms in total. The van der Waals surface area contributed by atoms with Crippen LogP contribution in [0.15, 0.2) is 28.7 Å². The van der Waals surface area contributed by atoms with E-state index < -0.39 is 0 Å². The van der Waals surface area contributed by atoms with Crippen LogP contribution in [0.3, 0.4) is 0 Å². The lowest BCUT2D eigenvalue weighted by atomic mass is 10.2. The average Bonchev–Trinajstić information content (AvgIpc) is 2.60. The normalized spacial score (nSPS) is 10.6. The molecule has 0 bridgehead atoms. The van der Waals surface area contributed by atoms with Crippen LogP contribution in [0.25, 0.3) is 11.5 Å². The van der Waals surface area contributed by atoms with E-state index in [1.807, 2.05) is 31.2 Å². The number of rotatable bonds is 2. The van der Waals surface area contributed by atoms with E-state index in [0.717, 1.165) is 23.4 Å². The molecule has 1 aromatic carbocycles. The summed E-state index contributed by atoms with van der Waals surface area (Å²) in [6.07, 6.45) is 0.885. The third-order valence-corrected chi connectivity index (χ3v) is 2.53. The van der Waals surface area contributed by atoms with Gasteiger partial charge in [0.05, 0.1) is 5.69 Å². The summed E-state index contributed by atoms with van der Waals surface area (Å²) in [7, 11) is 0. The van der Waals surface area contributed by atoms with Crippen LogP contribution in [0, 0.1) is 6.92 Å². The number of hydrogen-bond donors (Lipinski definition) is 0. The smallest absolute Gasteiger partial charge is 0.226 e. The summed E-state index contributed by atoms with van der Waals surface area (Å²) in [6.45, 7) is 3.99. The highest BCUT2D eigenvalue weighted by Crippen LogP contribution is 2.24. The second kappa shape index (κ2) is 4.07. The molecular formula is C12H12ClNO. The van der Waals surface area contributed by atoms with Gasteiger partial charge in [0, 0.05) is 10.6 Å². The Balaban J connectivity index is 2.45. The lowest BCUT2D eigenvalue weighted by Gasteiger charge is -1.94. The summed E-state index contributed by atoms with van der Waals surface area (Å²) in [5, 5.41) is 0.696. The van der Waals surface area contributed by atoms with Crippen molar-refractivity contribution in [1.82, 2.24) is 4.98 Å². The Labute approximate surface area is 93.9 Å². The maximum atomic E-state index is 5.91. The molecule has 2 rings (SSSR count). The first-order valence-electron chi connectivity index (χ1n) is 4.93. The highest BCUT2D eigenvalue weighted by Gasteiger charge is 2.09. The number of aromatic nitrogens is 1. The molecule has 0 atom stereocenters. The zero-order valence-corrected chi connectivity index (χ0v) is 9.51. The molecule has 2 aromatic rings. The second-order valence-corrected chi connectivity index (χ2v) is 3.82. The molecule has 0 amide bonds. The van der Waals surface area contributed by atoms with E-state index >= 15 is 0 Å². The van der Waals surface area contributed by atoms with Crippen LogP contribution in [-0.4, -0.2) is 4.98 Å². The third kappa shape index (κ3) is 2.05. The Bertz CT molecular complexity index is 476. The van der Waals surface area contributed by atoms with Gasteiger partial charge in [-0.1, -0.05) is 24.6 Å². The maximum Gasteiger partial charge on any atom is 0.226 e. The van der Waals surface area contributed by atoms with Crippen LogP contribution in [0.2, 0.25) is 5.02 Å². The molecular weight excluding hydrogens is 210 g/mol. The van der Waals surface area contributed by atoms with Gasteiger partial charge in [-0.15, -0.1) is 0 Å². The standard InChI is InChI=1S/C12H12ClNO/c1-3-11-8(2)15-12(14-11)9-5-4-6-10(13)7-9/h4-7H,3H2,1-2H3. The zero-order chi connectivity index (χ0) is 10.8. The predicted molar refractivity (Wildman–Crippen MR) is 61.1 cm³/mol. The lowest BCUT2D eigenvalue weighted by Crippen LogP contribution is -1.82. The van der Waals surface area contributed by atoms with Crippen LogP contribution in [0.1, 0.15) is 18.4 Å². The van der Waals surface area contributed by atoms with E-state index in [9.17, 15) is 0 Å². The molecule has 0 spiro atoms. The minimum Gasteiger partial charge on any atom is -0.441 e. The van der Waals surface area contributed by atoms with Gasteiger partial charge in [-0.05, 0) is 31.5 Å². The topological polar surface area (TPSA) is 26.0 Å². The number of aryl methyl sites for hydroxylation is 2. The van der Waals surface area contributed by atoms with Crippen LogP contribution in [0.4, 0.5) is 0 Å². The molecule has 0 radical (unpaired) electrons. The summed E-state index contributed by atoms with van der Waals surface area (Å²) < 4.78 is 5.58. The fourth-order valence-electron chi connectivity index (χ4n) is 1.50. The Morgan fingerprint density at radius 3 is 2.80 bits per heavy atom. The van der Waals surface area contributed by atoms with Crippen molar-refractivity contribution in [3.05, 3.63) is 40.7 Å². The zero-order valence-electron chi connectivity index (χ0n) is 8.75. The van der Waals surface area contributed by atoms with Crippen molar-refractivity contribution in [3.63, 3.8) is 0 Å². The fourth-order valence-corrected chi connectivity index (χ4v) is 1.69. The highest BCUT2D eigenvalue weighted by molar-refractivity contribution is 6.30. The molecule has 3 heteroatoms. The monoisotopic (exact) mass is 221 g/mol. The summed E-state index contributed by atoms with van der Waals surface area (Å²) >= 11 is 5.91. The van der Waals surface area contributed by atoms with Gasteiger partial charge in [0.15, 0.2) is 0 Å². The Hall–Kier alpha value is -1.28. The van der Waals surface area contributed by atoms with Crippen LogP contribution >= 0.6 is 11.6 Å². The summed E-state index contributed by atoms with van der Waals surface area (Å²) in [5.74, 6) is 1.53. The summed E-state index contributed by atoms with van der Waals surface area (Å²) in [5.41, 5.74) is 1.93. The van der Waals surface area contributed by atoms with Crippen molar-refractivity contribution in [2.45, 2.75) is 20.3 Å². The van der Waals surface area contributed by atoms with E-state index in [2.05, 4.69) is 11.9 Å². The van der Waals surface area contributed by atoms with Crippen molar-refractivity contribution in [1.29, 1.82) is 0 Å². The molecule has 1 heterocycles. The third-order valence-electron chi connectivity index (χ3n) is 2.30. The average molecular weight is 222 g/mol. The first-order chi connectivity index (χ1) is 7.20. The van der Waals surface area contributed by atoms with E-state index in [1.54, 1.807) is 0 Å². The summed E-state index contributed by atoms with van der Waals surface area (Å²) in [4.78, 5) is 4.41. The SMILES string of the molecule is CCc1nc(-c2cccc(Cl)c2)oc1C. The molecule has 0 fully saturated rings. The number of halogens is 1. The maximum absolute atomic E-state index is 5.91. The van der Waals surface area contributed by atoms with Gasteiger partial charge in [0.25, 0.3) is 0 Å². The first-order valence-corrected chi connectivity index (χ1v) is 5.30. The fraction of sp³-hybridized carbons (Fsp3) is 0.250. The molecule has 78 valence electrons. The predicted octanol–water partition coefficient (Wildman–Crippen LogP) is 3.87. The van der Waals surface area contributed by atoms with Crippen molar-refractivity contribution in [2.24, 2.45) is 0 Å². The van der Waals surface area contributed by atoms with E-state index in [-0.39, 0.29) is 0 Å². The molecule has 1 aromatic heterocycles. The van der Waals surface area contributed by atoms with E-state index in [0.29, 0.717) is 10.9 Å².